The molecule has 0 aromatic heterocycles. The van der Waals surface area contributed by atoms with Gasteiger partial charge in [-0.2, -0.15) is 0 Å². The molecule has 0 atom stereocenters. The number of Topliss-reactive ketones (excluding diaryl/α,β-unsaturated/α-hetero) is 1. The molecule has 0 amide bonds. The number of hydrogen-bond donors (Lipinski definition) is 0. The topological polar surface area (TPSA) is 43.4 Å². The number of rotatable bonds is 8. The van der Waals surface area contributed by atoms with E-state index >= 15 is 0 Å². The first-order chi connectivity index (χ1) is 7.20. The van der Waals surface area contributed by atoms with Crippen LogP contribution in [0.1, 0.15) is 45.4 Å². The van der Waals surface area contributed by atoms with Crippen LogP contribution in [-0.4, -0.2) is 18.9 Å². The second-order valence-corrected chi connectivity index (χ2v) is 3.41. The van der Waals surface area contributed by atoms with Crippen molar-refractivity contribution in [2.24, 2.45) is 0 Å². The number of carbonyl (C=O) groups is 2. The molecule has 15 heavy (non-hydrogen) atoms. The molecule has 0 saturated heterocycles. The molecule has 0 bridgehead atoms. The average molecular weight is 212 g/mol. The van der Waals surface area contributed by atoms with Crippen LogP contribution in [0.5, 0.6) is 0 Å². The highest BCUT2D eigenvalue weighted by Crippen LogP contribution is 2.01. The normalized spacial score (nSPS) is 10.5. The van der Waals surface area contributed by atoms with Gasteiger partial charge in [-0.1, -0.05) is 25.5 Å². The fourth-order valence-corrected chi connectivity index (χ4v) is 1.12. The number of ether oxygens (including phenoxy) is 1. The predicted molar refractivity (Wildman–Crippen MR) is 59.5 cm³/mol. The Bertz CT molecular complexity index is 219. The molecule has 86 valence electrons. The quantitative estimate of drug-likeness (QED) is 0.459. The molecule has 0 unspecified atom stereocenters. The molecule has 0 spiro atoms. The van der Waals surface area contributed by atoms with Crippen LogP contribution in [0, 0.1) is 0 Å². The standard InChI is InChI=1S/C12H20O3/c1-3-4-5-6-7-8-11(13)9-10-12(14)15-2/h5-6H,3-4,7-10H2,1-2H3. The van der Waals surface area contributed by atoms with Crippen LogP contribution < -0.4 is 0 Å². The van der Waals surface area contributed by atoms with Crippen molar-refractivity contribution < 1.29 is 14.3 Å². The number of hydrogen-bond acceptors (Lipinski definition) is 3. The second-order valence-electron chi connectivity index (χ2n) is 3.41. The van der Waals surface area contributed by atoms with Gasteiger partial charge >= 0.3 is 5.97 Å². The van der Waals surface area contributed by atoms with Gasteiger partial charge in [-0.15, -0.1) is 0 Å². The Morgan fingerprint density at radius 1 is 1.07 bits per heavy atom. The third kappa shape index (κ3) is 9.19. The SMILES string of the molecule is CCCC=CCCC(=O)CCC(=O)OC. The minimum absolute atomic E-state index is 0.126. The summed E-state index contributed by atoms with van der Waals surface area (Å²) in [5.41, 5.74) is 0. The molecular weight excluding hydrogens is 192 g/mol. The maximum Gasteiger partial charge on any atom is 0.305 e. The number of allylic oxidation sites excluding steroid dienone is 2. The van der Waals surface area contributed by atoms with Crippen molar-refractivity contribution >= 4 is 11.8 Å². The molecule has 0 radical (unpaired) electrons. The molecule has 0 aliphatic rings. The van der Waals surface area contributed by atoms with Crippen LogP contribution in [-0.2, 0) is 14.3 Å². The third-order valence-electron chi connectivity index (χ3n) is 2.05. The highest BCUT2D eigenvalue weighted by molar-refractivity contribution is 5.82. The van der Waals surface area contributed by atoms with Gasteiger partial charge in [-0.25, -0.2) is 0 Å². The van der Waals surface area contributed by atoms with Crippen molar-refractivity contribution in [1.82, 2.24) is 0 Å². The maximum atomic E-state index is 11.3. The Balaban J connectivity index is 3.45. The van der Waals surface area contributed by atoms with Gasteiger partial charge in [0.15, 0.2) is 0 Å². The first kappa shape index (κ1) is 13.9. The summed E-state index contributed by atoms with van der Waals surface area (Å²) in [4.78, 5) is 22.0. The van der Waals surface area contributed by atoms with Gasteiger partial charge in [0.25, 0.3) is 0 Å². The number of carbonyl (C=O) groups excluding carboxylic acids is 2. The summed E-state index contributed by atoms with van der Waals surface area (Å²) in [6, 6.07) is 0. The van der Waals surface area contributed by atoms with E-state index in [0.29, 0.717) is 12.8 Å². The summed E-state index contributed by atoms with van der Waals surface area (Å²) in [5.74, 6) is -0.188. The van der Waals surface area contributed by atoms with Crippen LogP contribution in [0.2, 0.25) is 0 Å². The van der Waals surface area contributed by atoms with Crippen molar-refractivity contribution in [3.8, 4) is 0 Å². The van der Waals surface area contributed by atoms with Gasteiger partial charge in [0.2, 0.25) is 0 Å². The average Bonchev–Trinajstić information content (AvgIpc) is 2.25. The first-order valence-electron chi connectivity index (χ1n) is 5.44. The van der Waals surface area contributed by atoms with Crippen LogP contribution in [0.15, 0.2) is 12.2 Å². The first-order valence-corrected chi connectivity index (χ1v) is 5.44. The summed E-state index contributed by atoms with van der Waals surface area (Å²) in [6.45, 7) is 2.12. The van der Waals surface area contributed by atoms with E-state index in [4.69, 9.17) is 0 Å². The summed E-state index contributed by atoms with van der Waals surface area (Å²) < 4.78 is 4.45. The lowest BCUT2D eigenvalue weighted by atomic mass is 10.1. The fraction of sp³-hybridized carbons (Fsp3) is 0.667. The zero-order chi connectivity index (χ0) is 11.5. The Kier molecular flexibility index (Phi) is 8.73. The molecule has 0 N–H and O–H groups in total. The Morgan fingerprint density at radius 3 is 2.33 bits per heavy atom. The number of methoxy groups -OCH3 is 1. The molecule has 0 heterocycles. The monoisotopic (exact) mass is 212 g/mol. The van der Waals surface area contributed by atoms with Crippen molar-refractivity contribution in [1.29, 1.82) is 0 Å². The van der Waals surface area contributed by atoms with Gasteiger partial charge in [0.05, 0.1) is 13.5 Å². The number of esters is 1. The van der Waals surface area contributed by atoms with E-state index in [-0.39, 0.29) is 18.2 Å². The molecule has 0 aliphatic carbocycles. The van der Waals surface area contributed by atoms with Crippen molar-refractivity contribution in [2.45, 2.75) is 45.4 Å². The molecule has 0 fully saturated rings. The molecule has 3 heteroatoms. The van der Waals surface area contributed by atoms with Crippen LogP contribution in [0.3, 0.4) is 0 Å². The molecular formula is C12H20O3. The molecule has 0 aromatic carbocycles. The minimum Gasteiger partial charge on any atom is -0.469 e. The van der Waals surface area contributed by atoms with Gasteiger partial charge in [0, 0.05) is 12.8 Å². The zero-order valence-corrected chi connectivity index (χ0v) is 9.62. The van der Waals surface area contributed by atoms with E-state index in [2.05, 4.69) is 17.7 Å². The fourth-order valence-electron chi connectivity index (χ4n) is 1.12. The molecule has 3 nitrogen and oxygen atoms in total. The van der Waals surface area contributed by atoms with E-state index in [1.165, 1.54) is 7.11 Å². The largest absolute Gasteiger partial charge is 0.469 e. The summed E-state index contributed by atoms with van der Waals surface area (Å²) in [5, 5.41) is 0. The Hall–Kier alpha value is -1.12. The van der Waals surface area contributed by atoms with Gasteiger partial charge in [-0.3, -0.25) is 9.59 Å². The van der Waals surface area contributed by atoms with E-state index < -0.39 is 0 Å². The van der Waals surface area contributed by atoms with Crippen LogP contribution in [0.4, 0.5) is 0 Å². The highest BCUT2D eigenvalue weighted by Gasteiger charge is 2.05. The van der Waals surface area contributed by atoms with Crippen molar-refractivity contribution in [3.63, 3.8) is 0 Å². The maximum absolute atomic E-state index is 11.3. The summed E-state index contributed by atoms with van der Waals surface area (Å²) in [6.07, 6.45) is 8.12. The lowest BCUT2D eigenvalue weighted by Crippen LogP contribution is -2.05. The van der Waals surface area contributed by atoms with Crippen LogP contribution in [0.25, 0.3) is 0 Å². The Labute approximate surface area is 91.5 Å². The minimum atomic E-state index is -0.315. The van der Waals surface area contributed by atoms with Crippen LogP contribution >= 0.6 is 0 Å². The van der Waals surface area contributed by atoms with Gasteiger partial charge in [0.1, 0.15) is 5.78 Å². The molecule has 0 saturated carbocycles. The molecule has 0 aliphatic heterocycles. The van der Waals surface area contributed by atoms with E-state index in [1.807, 2.05) is 6.08 Å². The number of ketones is 1. The van der Waals surface area contributed by atoms with Crippen molar-refractivity contribution in [3.05, 3.63) is 12.2 Å². The summed E-state index contributed by atoms with van der Waals surface area (Å²) >= 11 is 0. The lowest BCUT2D eigenvalue weighted by molar-refractivity contribution is -0.141. The van der Waals surface area contributed by atoms with Gasteiger partial charge < -0.3 is 4.74 Å². The second kappa shape index (κ2) is 9.44. The molecule has 0 rings (SSSR count). The van der Waals surface area contributed by atoms with E-state index in [0.717, 1.165) is 19.3 Å². The number of unbranched alkanes of at least 4 members (excludes halogenated alkanes) is 1. The zero-order valence-electron chi connectivity index (χ0n) is 9.62. The predicted octanol–water partition coefficient (Wildman–Crippen LogP) is 2.65. The van der Waals surface area contributed by atoms with E-state index in [1.54, 1.807) is 0 Å². The smallest absolute Gasteiger partial charge is 0.305 e. The lowest BCUT2D eigenvalue weighted by Gasteiger charge is -1.98. The highest BCUT2D eigenvalue weighted by atomic mass is 16.5. The van der Waals surface area contributed by atoms with E-state index in [9.17, 15) is 9.59 Å². The third-order valence-corrected chi connectivity index (χ3v) is 2.05. The Morgan fingerprint density at radius 2 is 1.73 bits per heavy atom. The molecule has 0 aromatic rings. The summed E-state index contributed by atoms with van der Waals surface area (Å²) in [7, 11) is 1.33. The van der Waals surface area contributed by atoms with Crippen molar-refractivity contribution in [2.75, 3.05) is 7.11 Å². The van der Waals surface area contributed by atoms with Gasteiger partial charge in [-0.05, 0) is 12.8 Å².